The second-order valence-electron chi connectivity index (χ2n) is 4.61. The molecule has 0 unspecified atom stereocenters. The average Bonchev–Trinajstić information content (AvgIpc) is 3.00. The maximum Gasteiger partial charge on any atom is 0.354 e. The second kappa shape index (κ2) is 7.55. The maximum absolute atomic E-state index is 11.8. The molecule has 0 saturated carbocycles. The molecule has 6 nitrogen and oxygen atoms in total. The van der Waals surface area contributed by atoms with Gasteiger partial charge in [0.1, 0.15) is 5.70 Å². The summed E-state index contributed by atoms with van der Waals surface area (Å²) in [4.78, 5) is 24.1. The fourth-order valence-electron chi connectivity index (χ4n) is 1.84. The number of nitrogens with zero attached hydrogens (tertiary/aromatic N) is 1. The van der Waals surface area contributed by atoms with E-state index in [1.54, 1.807) is 6.07 Å². The lowest BCUT2D eigenvalue weighted by Gasteiger charge is -2.10. The van der Waals surface area contributed by atoms with E-state index < -0.39 is 11.9 Å². The van der Waals surface area contributed by atoms with Crippen molar-refractivity contribution in [3.63, 3.8) is 0 Å². The van der Waals surface area contributed by atoms with E-state index in [1.807, 2.05) is 31.2 Å². The first-order chi connectivity index (χ1) is 11.0. The molecule has 0 aliphatic carbocycles. The molecule has 2 aromatic rings. The fourth-order valence-corrected chi connectivity index (χ4v) is 2.59. The Hall–Kier alpha value is -2.67. The van der Waals surface area contributed by atoms with Crippen LogP contribution in [0.5, 0.6) is 0 Å². The zero-order chi connectivity index (χ0) is 16.8. The molecule has 0 fully saturated rings. The SMILES string of the molecule is COC(=O)/C=C(/Nc1cccc(-c2cc(C)ns2)c1)C(=O)OC. The van der Waals surface area contributed by atoms with Crippen LogP contribution in [0.25, 0.3) is 10.4 Å². The minimum absolute atomic E-state index is 0.00279. The van der Waals surface area contributed by atoms with Crippen LogP contribution in [0.2, 0.25) is 0 Å². The van der Waals surface area contributed by atoms with Gasteiger partial charge >= 0.3 is 11.9 Å². The highest BCUT2D eigenvalue weighted by molar-refractivity contribution is 7.09. The standard InChI is InChI=1S/C16H16N2O4S/c1-10-7-14(23-18-10)11-5-4-6-12(8-11)17-13(16(20)22-3)9-15(19)21-2/h4-9,17H,1-3H3/b13-9+. The molecule has 0 bridgehead atoms. The van der Waals surface area contributed by atoms with Gasteiger partial charge in [0, 0.05) is 5.69 Å². The van der Waals surface area contributed by atoms with Gasteiger partial charge in [0.2, 0.25) is 0 Å². The minimum atomic E-state index is -0.658. The number of nitrogens with one attached hydrogen (secondary N) is 1. The number of hydrogen-bond donors (Lipinski definition) is 1. The lowest BCUT2D eigenvalue weighted by molar-refractivity contribution is -0.138. The summed E-state index contributed by atoms with van der Waals surface area (Å²) in [5.41, 5.74) is 2.55. The summed E-state index contributed by atoms with van der Waals surface area (Å²) in [6, 6.07) is 9.42. The molecular weight excluding hydrogens is 316 g/mol. The Kier molecular flexibility index (Phi) is 5.48. The third-order valence-corrected chi connectivity index (χ3v) is 3.85. The van der Waals surface area contributed by atoms with Gasteiger partial charge in [0.25, 0.3) is 0 Å². The molecule has 23 heavy (non-hydrogen) atoms. The third kappa shape index (κ3) is 4.40. The van der Waals surface area contributed by atoms with Gasteiger partial charge < -0.3 is 14.8 Å². The Balaban J connectivity index is 2.28. The average molecular weight is 332 g/mol. The van der Waals surface area contributed by atoms with Crippen LogP contribution < -0.4 is 5.32 Å². The molecule has 2 rings (SSSR count). The van der Waals surface area contributed by atoms with Gasteiger partial charge in [-0.25, -0.2) is 9.59 Å². The summed E-state index contributed by atoms with van der Waals surface area (Å²) in [5, 5.41) is 2.88. The smallest absolute Gasteiger partial charge is 0.354 e. The molecule has 1 aromatic carbocycles. The summed E-state index contributed by atoms with van der Waals surface area (Å²) >= 11 is 1.40. The van der Waals surface area contributed by atoms with E-state index in [4.69, 9.17) is 0 Å². The van der Waals surface area contributed by atoms with Gasteiger partial charge in [-0.05, 0) is 42.2 Å². The quantitative estimate of drug-likeness (QED) is 0.670. The Bertz CT molecular complexity index is 752. The largest absolute Gasteiger partial charge is 0.466 e. The summed E-state index contributed by atoms with van der Waals surface area (Å²) in [6.07, 6.45) is 1.05. The number of aromatic nitrogens is 1. The van der Waals surface area contributed by atoms with Crippen molar-refractivity contribution in [3.05, 3.63) is 47.8 Å². The number of methoxy groups -OCH3 is 2. The lowest BCUT2D eigenvalue weighted by Crippen LogP contribution is -2.15. The molecule has 0 aliphatic rings. The predicted octanol–water partition coefficient (Wildman–Crippen LogP) is 2.76. The fraction of sp³-hybridized carbons (Fsp3) is 0.188. The molecule has 0 amide bonds. The van der Waals surface area contributed by atoms with Crippen LogP contribution in [0, 0.1) is 6.92 Å². The van der Waals surface area contributed by atoms with Crippen LogP contribution in [-0.2, 0) is 19.1 Å². The zero-order valence-electron chi connectivity index (χ0n) is 13.0. The zero-order valence-corrected chi connectivity index (χ0v) is 13.8. The molecule has 0 saturated heterocycles. The number of anilines is 1. The summed E-state index contributed by atoms with van der Waals surface area (Å²) in [7, 11) is 2.48. The molecule has 1 aromatic heterocycles. The van der Waals surface area contributed by atoms with Crippen LogP contribution in [0.1, 0.15) is 5.69 Å². The van der Waals surface area contributed by atoms with Crippen molar-refractivity contribution in [3.8, 4) is 10.4 Å². The van der Waals surface area contributed by atoms with Crippen molar-refractivity contribution in [1.29, 1.82) is 0 Å². The van der Waals surface area contributed by atoms with Crippen LogP contribution >= 0.6 is 11.5 Å². The monoisotopic (exact) mass is 332 g/mol. The van der Waals surface area contributed by atoms with Gasteiger partial charge in [-0.15, -0.1) is 0 Å². The normalized spacial score (nSPS) is 11.0. The molecule has 120 valence electrons. The number of benzene rings is 1. The topological polar surface area (TPSA) is 77.5 Å². The second-order valence-corrected chi connectivity index (χ2v) is 5.42. The van der Waals surface area contributed by atoms with E-state index >= 15 is 0 Å². The number of aryl methyl sites for hydroxylation is 1. The van der Waals surface area contributed by atoms with Crippen molar-refractivity contribution in [2.24, 2.45) is 0 Å². The van der Waals surface area contributed by atoms with Gasteiger partial charge in [-0.2, -0.15) is 4.37 Å². The van der Waals surface area contributed by atoms with E-state index in [1.165, 1.54) is 25.8 Å². The van der Waals surface area contributed by atoms with Crippen molar-refractivity contribution in [2.45, 2.75) is 6.92 Å². The van der Waals surface area contributed by atoms with E-state index in [9.17, 15) is 9.59 Å². The summed E-state index contributed by atoms with van der Waals surface area (Å²) in [6.45, 7) is 1.93. The van der Waals surface area contributed by atoms with Crippen molar-refractivity contribution in [2.75, 3.05) is 19.5 Å². The van der Waals surface area contributed by atoms with Gasteiger partial charge in [0.15, 0.2) is 0 Å². The molecule has 0 atom stereocenters. The van der Waals surface area contributed by atoms with E-state index in [2.05, 4.69) is 19.2 Å². The summed E-state index contributed by atoms with van der Waals surface area (Å²) in [5.74, 6) is -1.30. The Morgan fingerprint density at radius 3 is 2.61 bits per heavy atom. The first kappa shape index (κ1) is 16.7. The maximum atomic E-state index is 11.8. The van der Waals surface area contributed by atoms with Crippen LogP contribution in [0.15, 0.2) is 42.1 Å². The molecule has 7 heteroatoms. The first-order valence-electron chi connectivity index (χ1n) is 6.72. The number of hydrogen-bond acceptors (Lipinski definition) is 7. The molecule has 0 spiro atoms. The predicted molar refractivity (Wildman–Crippen MR) is 88.0 cm³/mol. The Morgan fingerprint density at radius 1 is 1.22 bits per heavy atom. The number of rotatable bonds is 5. The van der Waals surface area contributed by atoms with Crippen LogP contribution in [0.3, 0.4) is 0 Å². The Labute approximate surface area is 137 Å². The minimum Gasteiger partial charge on any atom is -0.466 e. The van der Waals surface area contributed by atoms with Crippen LogP contribution in [-0.4, -0.2) is 30.5 Å². The number of ether oxygens (including phenoxy) is 2. The van der Waals surface area contributed by atoms with Crippen molar-refractivity contribution in [1.82, 2.24) is 4.37 Å². The highest BCUT2D eigenvalue weighted by atomic mass is 32.1. The van der Waals surface area contributed by atoms with Gasteiger partial charge in [-0.1, -0.05) is 12.1 Å². The van der Waals surface area contributed by atoms with Gasteiger partial charge in [0.05, 0.1) is 30.9 Å². The molecule has 1 heterocycles. The van der Waals surface area contributed by atoms with Gasteiger partial charge in [-0.3, -0.25) is 0 Å². The lowest BCUT2D eigenvalue weighted by atomic mass is 10.1. The number of carbonyl (C=O) groups is 2. The van der Waals surface area contributed by atoms with E-state index in [0.717, 1.165) is 22.2 Å². The highest BCUT2D eigenvalue weighted by Gasteiger charge is 2.13. The van der Waals surface area contributed by atoms with Crippen molar-refractivity contribution >= 4 is 29.2 Å². The molecule has 1 N–H and O–H groups in total. The highest BCUT2D eigenvalue weighted by Crippen LogP contribution is 2.27. The van der Waals surface area contributed by atoms with Crippen LogP contribution in [0.4, 0.5) is 5.69 Å². The van der Waals surface area contributed by atoms with Crippen molar-refractivity contribution < 1.29 is 19.1 Å². The molecule has 0 aliphatic heterocycles. The Morgan fingerprint density at radius 2 is 2.00 bits per heavy atom. The molecular formula is C16H16N2O4S. The summed E-state index contributed by atoms with van der Waals surface area (Å²) < 4.78 is 13.5. The third-order valence-electron chi connectivity index (χ3n) is 2.92. The molecule has 0 radical (unpaired) electrons. The van der Waals surface area contributed by atoms with E-state index in [0.29, 0.717) is 5.69 Å². The number of esters is 2. The first-order valence-corrected chi connectivity index (χ1v) is 7.49. The van der Waals surface area contributed by atoms with E-state index in [-0.39, 0.29) is 5.70 Å². The number of carbonyl (C=O) groups excluding carboxylic acids is 2.